The minimum atomic E-state index is -3.58. The molecule has 0 saturated carbocycles. The van der Waals surface area contributed by atoms with E-state index in [4.69, 9.17) is 15.6 Å². The molecule has 0 aromatic carbocycles. The standard InChI is InChI=1S/C4H7F2NO2/c5-4(6,2-8)3(9)1-7/h1,3,7-9H,2H2. The van der Waals surface area contributed by atoms with Crippen molar-refractivity contribution in [2.45, 2.75) is 12.0 Å². The van der Waals surface area contributed by atoms with Crippen LogP contribution in [0.1, 0.15) is 0 Å². The largest absolute Gasteiger partial charge is 0.390 e. The number of alkyl halides is 2. The average molecular weight is 139 g/mol. The molecular weight excluding hydrogens is 132 g/mol. The number of rotatable bonds is 3. The average Bonchev–Trinajstić information content (AvgIpc) is 1.86. The molecule has 9 heavy (non-hydrogen) atoms. The molecule has 1 unspecified atom stereocenters. The molecule has 5 heteroatoms. The van der Waals surface area contributed by atoms with Gasteiger partial charge in [-0.05, 0) is 0 Å². The van der Waals surface area contributed by atoms with Crippen molar-refractivity contribution in [1.29, 1.82) is 5.41 Å². The molecule has 0 heterocycles. The first-order chi connectivity index (χ1) is 4.04. The molecule has 0 bridgehead atoms. The van der Waals surface area contributed by atoms with E-state index in [1.807, 2.05) is 0 Å². The Morgan fingerprint density at radius 3 is 2.22 bits per heavy atom. The van der Waals surface area contributed by atoms with Gasteiger partial charge in [-0.15, -0.1) is 0 Å². The van der Waals surface area contributed by atoms with Gasteiger partial charge in [0.1, 0.15) is 6.61 Å². The molecule has 0 aromatic rings. The van der Waals surface area contributed by atoms with Crippen molar-refractivity contribution in [1.82, 2.24) is 0 Å². The normalized spacial score (nSPS) is 15.1. The lowest BCUT2D eigenvalue weighted by atomic mass is 10.2. The van der Waals surface area contributed by atoms with Crippen molar-refractivity contribution < 1.29 is 19.0 Å². The van der Waals surface area contributed by atoms with Crippen LogP contribution in [0.4, 0.5) is 8.78 Å². The van der Waals surface area contributed by atoms with Crippen molar-refractivity contribution in [3.05, 3.63) is 0 Å². The second-order valence-electron chi connectivity index (χ2n) is 1.53. The monoisotopic (exact) mass is 139 g/mol. The van der Waals surface area contributed by atoms with E-state index in [2.05, 4.69) is 0 Å². The van der Waals surface area contributed by atoms with Crippen LogP contribution in [-0.2, 0) is 0 Å². The molecule has 0 amide bonds. The Morgan fingerprint density at radius 2 is 2.11 bits per heavy atom. The van der Waals surface area contributed by atoms with E-state index in [-0.39, 0.29) is 6.21 Å². The van der Waals surface area contributed by atoms with E-state index < -0.39 is 18.6 Å². The maximum absolute atomic E-state index is 11.9. The van der Waals surface area contributed by atoms with Crippen LogP contribution >= 0.6 is 0 Å². The minimum Gasteiger partial charge on any atom is -0.390 e. The number of nitrogens with one attached hydrogen (secondary N) is 1. The molecule has 0 rings (SSSR count). The van der Waals surface area contributed by atoms with Crippen LogP contribution in [0.25, 0.3) is 0 Å². The lowest BCUT2D eigenvalue weighted by Crippen LogP contribution is -2.37. The van der Waals surface area contributed by atoms with Gasteiger partial charge in [0.05, 0.1) is 0 Å². The summed E-state index contributed by atoms with van der Waals surface area (Å²) in [6.45, 7) is -1.44. The number of aliphatic hydroxyl groups is 2. The van der Waals surface area contributed by atoms with Gasteiger partial charge in [0, 0.05) is 6.21 Å². The summed E-state index contributed by atoms with van der Waals surface area (Å²) in [7, 11) is 0. The molecule has 0 aliphatic heterocycles. The summed E-state index contributed by atoms with van der Waals surface area (Å²) in [6.07, 6.45) is -2.00. The molecule has 0 aromatic heterocycles. The van der Waals surface area contributed by atoms with E-state index in [9.17, 15) is 8.78 Å². The predicted molar refractivity (Wildman–Crippen MR) is 26.8 cm³/mol. The Kier molecular flexibility index (Phi) is 2.66. The van der Waals surface area contributed by atoms with Crippen LogP contribution in [0.3, 0.4) is 0 Å². The van der Waals surface area contributed by atoms with Crippen LogP contribution in [-0.4, -0.2) is 35.1 Å². The fourth-order valence-electron chi connectivity index (χ4n) is 0.215. The lowest BCUT2D eigenvalue weighted by Gasteiger charge is -2.15. The highest BCUT2D eigenvalue weighted by Crippen LogP contribution is 2.15. The summed E-state index contributed by atoms with van der Waals surface area (Å²) in [6, 6.07) is 0. The Balaban J connectivity index is 3.95. The maximum Gasteiger partial charge on any atom is 0.300 e. The predicted octanol–water partition coefficient (Wildman–Crippen LogP) is -0.376. The van der Waals surface area contributed by atoms with Gasteiger partial charge in [0.25, 0.3) is 0 Å². The lowest BCUT2D eigenvalue weighted by molar-refractivity contribution is -0.109. The van der Waals surface area contributed by atoms with Gasteiger partial charge in [-0.3, -0.25) is 0 Å². The summed E-state index contributed by atoms with van der Waals surface area (Å²) in [4.78, 5) is 0. The second-order valence-corrected chi connectivity index (χ2v) is 1.53. The van der Waals surface area contributed by atoms with E-state index >= 15 is 0 Å². The van der Waals surface area contributed by atoms with Crippen LogP contribution in [0.15, 0.2) is 0 Å². The zero-order valence-electron chi connectivity index (χ0n) is 4.51. The molecule has 54 valence electrons. The van der Waals surface area contributed by atoms with Crippen LogP contribution in [0, 0.1) is 5.41 Å². The fourth-order valence-corrected chi connectivity index (χ4v) is 0.215. The Bertz CT molecular complexity index is 107. The first-order valence-electron chi connectivity index (χ1n) is 2.22. The molecule has 3 N–H and O–H groups in total. The molecule has 0 fully saturated rings. The third-order valence-corrected chi connectivity index (χ3v) is 0.801. The number of hydrogen-bond donors (Lipinski definition) is 3. The Labute approximate surface area is 50.4 Å². The van der Waals surface area contributed by atoms with Gasteiger partial charge in [0.15, 0.2) is 6.10 Å². The quantitative estimate of drug-likeness (QED) is 0.467. The first kappa shape index (κ1) is 8.45. The molecule has 1 atom stereocenters. The fraction of sp³-hybridized carbons (Fsp3) is 0.750. The van der Waals surface area contributed by atoms with E-state index in [1.165, 1.54) is 0 Å². The summed E-state index contributed by atoms with van der Waals surface area (Å²) in [5, 5.41) is 22.3. The van der Waals surface area contributed by atoms with Gasteiger partial charge < -0.3 is 15.6 Å². The van der Waals surface area contributed by atoms with Gasteiger partial charge in [-0.25, -0.2) is 8.78 Å². The maximum atomic E-state index is 11.9. The zero-order chi connectivity index (χ0) is 7.49. The minimum absolute atomic E-state index is 0.177. The molecule has 3 nitrogen and oxygen atoms in total. The molecule has 0 radical (unpaired) electrons. The molecule has 0 aliphatic carbocycles. The molecule has 0 aliphatic rings. The van der Waals surface area contributed by atoms with Crippen molar-refractivity contribution in [2.24, 2.45) is 0 Å². The van der Waals surface area contributed by atoms with Gasteiger partial charge in [-0.1, -0.05) is 0 Å². The van der Waals surface area contributed by atoms with Crippen LogP contribution in [0.2, 0.25) is 0 Å². The highest BCUT2D eigenvalue weighted by molar-refractivity contribution is 5.60. The number of halogens is 2. The zero-order valence-corrected chi connectivity index (χ0v) is 4.51. The van der Waals surface area contributed by atoms with Crippen LogP contribution in [0.5, 0.6) is 0 Å². The van der Waals surface area contributed by atoms with Crippen molar-refractivity contribution in [3.8, 4) is 0 Å². The van der Waals surface area contributed by atoms with Gasteiger partial charge >= 0.3 is 5.92 Å². The summed E-state index contributed by atoms with van der Waals surface area (Å²) in [5.41, 5.74) is 0. The highest BCUT2D eigenvalue weighted by atomic mass is 19.3. The van der Waals surface area contributed by atoms with E-state index in [1.54, 1.807) is 0 Å². The highest BCUT2D eigenvalue weighted by Gasteiger charge is 2.35. The Hall–Kier alpha value is -0.550. The summed E-state index contributed by atoms with van der Waals surface area (Å²) < 4.78 is 23.8. The van der Waals surface area contributed by atoms with Crippen LogP contribution < -0.4 is 0 Å². The smallest absolute Gasteiger partial charge is 0.300 e. The summed E-state index contributed by atoms with van der Waals surface area (Å²) >= 11 is 0. The SMILES string of the molecule is N=CC(O)C(F)(F)CO. The van der Waals surface area contributed by atoms with E-state index in [0.717, 1.165) is 0 Å². The first-order valence-corrected chi connectivity index (χ1v) is 2.22. The second kappa shape index (κ2) is 2.84. The number of aliphatic hydroxyl groups excluding tert-OH is 2. The number of hydrogen-bond acceptors (Lipinski definition) is 3. The van der Waals surface area contributed by atoms with E-state index in [0.29, 0.717) is 0 Å². The molecule has 0 saturated heterocycles. The third kappa shape index (κ3) is 2.03. The summed E-state index contributed by atoms with van der Waals surface area (Å²) in [5.74, 6) is -3.58. The van der Waals surface area contributed by atoms with Crippen molar-refractivity contribution in [2.75, 3.05) is 6.61 Å². The topological polar surface area (TPSA) is 64.3 Å². The van der Waals surface area contributed by atoms with Crippen molar-refractivity contribution >= 4 is 6.21 Å². The molecular formula is C4H7F2NO2. The molecule has 0 spiro atoms. The van der Waals surface area contributed by atoms with Gasteiger partial charge in [-0.2, -0.15) is 0 Å². The third-order valence-electron chi connectivity index (χ3n) is 0.801. The van der Waals surface area contributed by atoms with Crippen molar-refractivity contribution in [3.63, 3.8) is 0 Å². The Morgan fingerprint density at radius 1 is 1.67 bits per heavy atom. The van der Waals surface area contributed by atoms with Gasteiger partial charge in [0.2, 0.25) is 0 Å².